The lowest BCUT2D eigenvalue weighted by atomic mass is 10.0. The highest BCUT2D eigenvalue weighted by Crippen LogP contribution is 2.24. The van der Waals surface area contributed by atoms with Gasteiger partial charge < -0.3 is 0 Å². The summed E-state index contributed by atoms with van der Waals surface area (Å²) in [5, 5.41) is 8.66. The lowest BCUT2D eigenvalue weighted by molar-refractivity contribution is 0.619. The molecule has 0 spiro atoms. The van der Waals surface area contributed by atoms with Crippen molar-refractivity contribution in [3.8, 4) is 17.2 Å². The molecule has 1 aromatic heterocycles. The Morgan fingerprint density at radius 3 is 2.71 bits per heavy atom. The number of rotatable bonds is 2. The summed E-state index contributed by atoms with van der Waals surface area (Å²) in [5.74, 6) is -0.916. The van der Waals surface area contributed by atoms with Crippen molar-refractivity contribution in [1.29, 1.82) is 5.26 Å². The molecule has 0 atom stereocenters. The van der Waals surface area contributed by atoms with E-state index in [4.69, 9.17) is 5.26 Å². The van der Waals surface area contributed by atoms with Crippen LogP contribution in [-0.2, 0) is 6.42 Å². The van der Waals surface area contributed by atoms with Gasteiger partial charge in [0.1, 0.15) is 11.6 Å². The molecule has 0 fully saturated rings. The van der Waals surface area contributed by atoms with Gasteiger partial charge in [0, 0.05) is 5.56 Å². The molecule has 1 heterocycles. The Morgan fingerprint density at radius 2 is 2.00 bits per heavy atom. The number of aromatic nitrogens is 1. The molecule has 0 aliphatic rings. The minimum Gasteiger partial charge on any atom is -0.257 e. The van der Waals surface area contributed by atoms with Crippen LogP contribution >= 0.6 is 0 Å². The van der Waals surface area contributed by atoms with E-state index in [0.29, 0.717) is 16.8 Å². The number of hydrogen-bond acceptors (Lipinski definition) is 2. The number of hydrogen-bond donors (Lipinski definition) is 0. The maximum atomic E-state index is 13.1. The summed E-state index contributed by atoms with van der Waals surface area (Å²) < 4.78 is 26.2. The van der Waals surface area contributed by atoms with Gasteiger partial charge in [-0.25, -0.2) is 8.78 Å². The van der Waals surface area contributed by atoms with Crippen molar-refractivity contribution in [2.24, 2.45) is 0 Å². The van der Waals surface area contributed by atoms with E-state index in [2.05, 4.69) is 4.98 Å². The molecule has 0 aliphatic heterocycles. The molecule has 0 saturated carbocycles. The Bertz CT molecular complexity index is 588. The van der Waals surface area contributed by atoms with Crippen LogP contribution in [0, 0.1) is 23.0 Å². The van der Waals surface area contributed by atoms with E-state index < -0.39 is 11.6 Å². The maximum Gasteiger partial charge on any atom is 0.142 e. The predicted octanol–water partition coefficient (Wildman–Crippen LogP) is 3.09. The quantitative estimate of drug-likeness (QED) is 0.794. The number of nitriles is 1. The zero-order valence-corrected chi connectivity index (χ0v) is 8.82. The Labute approximate surface area is 97.2 Å². The van der Waals surface area contributed by atoms with E-state index in [-0.39, 0.29) is 6.42 Å². The Kier molecular flexibility index (Phi) is 3.10. The molecule has 2 nitrogen and oxygen atoms in total. The van der Waals surface area contributed by atoms with Crippen LogP contribution < -0.4 is 0 Å². The molecule has 0 saturated heterocycles. The number of halogens is 2. The summed E-state index contributed by atoms with van der Waals surface area (Å²) in [6.07, 6.45) is 1.11. The third-order valence-electron chi connectivity index (χ3n) is 2.32. The molecule has 0 unspecified atom stereocenters. The van der Waals surface area contributed by atoms with Gasteiger partial charge in [0.25, 0.3) is 0 Å². The number of nitrogens with zero attached hydrogens (tertiary/aromatic N) is 2. The first-order valence-electron chi connectivity index (χ1n) is 4.98. The van der Waals surface area contributed by atoms with Gasteiger partial charge in [-0.05, 0) is 23.8 Å². The van der Waals surface area contributed by atoms with Crippen LogP contribution in [0.3, 0.4) is 0 Å². The minimum absolute atomic E-state index is 0.0616. The first-order valence-corrected chi connectivity index (χ1v) is 4.98. The van der Waals surface area contributed by atoms with Gasteiger partial charge in [0.15, 0.2) is 0 Å². The van der Waals surface area contributed by atoms with Crippen molar-refractivity contribution in [2.75, 3.05) is 0 Å². The van der Waals surface area contributed by atoms with Gasteiger partial charge >= 0.3 is 0 Å². The summed E-state index contributed by atoms with van der Waals surface area (Å²) in [5.41, 5.74) is 1.41. The lowest BCUT2D eigenvalue weighted by Gasteiger charge is -2.06. The molecular formula is C13H8F2N2. The van der Waals surface area contributed by atoms with Gasteiger partial charge in [-0.15, -0.1) is 0 Å². The highest BCUT2D eigenvalue weighted by Gasteiger charge is 2.08. The molecule has 2 aromatic rings. The van der Waals surface area contributed by atoms with Gasteiger partial charge in [0.2, 0.25) is 0 Å². The zero-order valence-electron chi connectivity index (χ0n) is 8.82. The fourth-order valence-corrected chi connectivity index (χ4v) is 1.59. The van der Waals surface area contributed by atoms with Crippen LogP contribution in [0.2, 0.25) is 0 Å². The van der Waals surface area contributed by atoms with Crippen LogP contribution in [0.4, 0.5) is 8.78 Å². The predicted molar refractivity (Wildman–Crippen MR) is 58.9 cm³/mol. The highest BCUT2D eigenvalue weighted by molar-refractivity contribution is 5.66. The minimum atomic E-state index is -0.508. The van der Waals surface area contributed by atoms with Crippen molar-refractivity contribution in [2.45, 2.75) is 6.42 Å². The second-order valence-corrected chi connectivity index (χ2v) is 3.49. The van der Waals surface area contributed by atoms with Gasteiger partial charge in [-0.2, -0.15) is 5.26 Å². The van der Waals surface area contributed by atoms with Crippen LogP contribution in [0.15, 0.2) is 36.5 Å². The van der Waals surface area contributed by atoms with Crippen LogP contribution in [0.1, 0.15) is 5.69 Å². The summed E-state index contributed by atoms with van der Waals surface area (Å²) in [4.78, 5) is 3.85. The number of pyridine rings is 1. The van der Waals surface area contributed by atoms with Crippen LogP contribution in [0.25, 0.3) is 11.1 Å². The molecule has 2 rings (SSSR count). The third kappa shape index (κ3) is 2.45. The van der Waals surface area contributed by atoms with E-state index in [1.54, 1.807) is 6.07 Å². The van der Waals surface area contributed by atoms with E-state index in [1.807, 2.05) is 6.07 Å². The highest BCUT2D eigenvalue weighted by atomic mass is 19.1. The summed E-state index contributed by atoms with van der Waals surface area (Å²) in [6.45, 7) is 0. The molecule has 0 N–H and O–H groups in total. The van der Waals surface area contributed by atoms with E-state index in [0.717, 1.165) is 6.20 Å². The first kappa shape index (κ1) is 11.2. The first-order chi connectivity index (χ1) is 8.20. The SMILES string of the molecule is N#CCc1ncc(F)cc1-c1cccc(F)c1. The Hall–Kier alpha value is -2.28. The summed E-state index contributed by atoms with van der Waals surface area (Å²) in [6, 6.07) is 8.99. The normalized spacial score (nSPS) is 9.94. The molecule has 84 valence electrons. The second-order valence-electron chi connectivity index (χ2n) is 3.49. The fraction of sp³-hybridized carbons (Fsp3) is 0.0769. The van der Waals surface area contributed by atoms with Gasteiger partial charge in [-0.1, -0.05) is 12.1 Å². The smallest absolute Gasteiger partial charge is 0.142 e. The topological polar surface area (TPSA) is 36.7 Å². The zero-order chi connectivity index (χ0) is 12.3. The summed E-state index contributed by atoms with van der Waals surface area (Å²) in [7, 11) is 0. The average Bonchev–Trinajstić information content (AvgIpc) is 2.32. The monoisotopic (exact) mass is 230 g/mol. The molecule has 17 heavy (non-hydrogen) atoms. The van der Waals surface area contributed by atoms with Crippen molar-refractivity contribution in [3.05, 3.63) is 53.9 Å². The molecular weight excluding hydrogens is 222 g/mol. The third-order valence-corrected chi connectivity index (χ3v) is 2.32. The number of benzene rings is 1. The lowest BCUT2D eigenvalue weighted by Crippen LogP contribution is -1.95. The molecule has 0 radical (unpaired) electrons. The van der Waals surface area contributed by atoms with Crippen molar-refractivity contribution in [3.63, 3.8) is 0 Å². The molecule has 0 bridgehead atoms. The second kappa shape index (κ2) is 4.71. The average molecular weight is 230 g/mol. The van der Waals surface area contributed by atoms with Crippen LogP contribution in [0.5, 0.6) is 0 Å². The van der Waals surface area contributed by atoms with E-state index in [1.165, 1.54) is 24.3 Å². The van der Waals surface area contributed by atoms with Crippen LogP contribution in [-0.4, -0.2) is 4.98 Å². The van der Waals surface area contributed by atoms with Crippen molar-refractivity contribution < 1.29 is 8.78 Å². The Balaban J connectivity index is 2.57. The van der Waals surface area contributed by atoms with Crippen molar-refractivity contribution in [1.82, 2.24) is 4.98 Å². The van der Waals surface area contributed by atoms with Gasteiger partial charge in [-0.3, -0.25) is 4.98 Å². The Morgan fingerprint density at radius 1 is 1.18 bits per heavy atom. The van der Waals surface area contributed by atoms with E-state index in [9.17, 15) is 8.78 Å². The summed E-state index contributed by atoms with van der Waals surface area (Å²) >= 11 is 0. The standard InChI is InChI=1S/C13H8F2N2/c14-10-3-1-2-9(6-10)12-7-11(15)8-17-13(12)4-5-16/h1-3,6-8H,4H2. The fourth-order valence-electron chi connectivity index (χ4n) is 1.59. The molecule has 0 amide bonds. The van der Waals surface area contributed by atoms with Crippen molar-refractivity contribution >= 4 is 0 Å². The van der Waals surface area contributed by atoms with Gasteiger partial charge in [0.05, 0.1) is 24.4 Å². The molecule has 4 heteroatoms. The largest absolute Gasteiger partial charge is 0.257 e. The maximum absolute atomic E-state index is 13.1. The van der Waals surface area contributed by atoms with E-state index >= 15 is 0 Å². The molecule has 0 aliphatic carbocycles. The molecule has 1 aromatic carbocycles.